The number of hydrogen-bond acceptors (Lipinski definition) is 4. The van der Waals surface area contributed by atoms with Crippen LogP contribution in [0.2, 0.25) is 0 Å². The van der Waals surface area contributed by atoms with Gasteiger partial charge in [0.15, 0.2) is 0 Å². The monoisotopic (exact) mass is 295 g/mol. The van der Waals surface area contributed by atoms with E-state index in [0.717, 1.165) is 38.8 Å². The Morgan fingerprint density at radius 2 is 1.70 bits per heavy atom. The second-order valence-electron chi connectivity index (χ2n) is 5.56. The van der Waals surface area contributed by atoms with Crippen LogP contribution in [0.3, 0.4) is 0 Å². The van der Waals surface area contributed by atoms with E-state index < -0.39 is 10.0 Å². The van der Waals surface area contributed by atoms with Gasteiger partial charge in [0.05, 0.1) is 5.69 Å². The van der Waals surface area contributed by atoms with Gasteiger partial charge in [-0.15, -0.1) is 0 Å². The minimum atomic E-state index is -3.41. The Hall–Kier alpha value is -1.11. The lowest BCUT2D eigenvalue weighted by Crippen LogP contribution is -2.36. The molecule has 20 heavy (non-hydrogen) atoms. The first kappa shape index (κ1) is 13.9. The predicted molar refractivity (Wildman–Crippen MR) is 79.3 cm³/mol. The highest BCUT2D eigenvalue weighted by molar-refractivity contribution is 7.89. The van der Waals surface area contributed by atoms with E-state index in [1.807, 2.05) is 12.1 Å². The van der Waals surface area contributed by atoms with Crippen LogP contribution in [0.4, 0.5) is 5.69 Å². The van der Waals surface area contributed by atoms with E-state index in [1.165, 1.54) is 0 Å². The van der Waals surface area contributed by atoms with Crippen molar-refractivity contribution in [3.05, 3.63) is 24.3 Å². The van der Waals surface area contributed by atoms with Crippen LogP contribution < -0.4 is 15.4 Å². The highest BCUT2D eigenvalue weighted by atomic mass is 32.2. The predicted octanol–water partition coefficient (Wildman–Crippen LogP) is 1.29. The Kier molecular flexibility index (Phi) is 3.96. The normalized spacial score (nSPS) is 20.8. The Morgan fingerprint density at radius 3 is 2.40 bits per heavy atom. The lowest BCUT2D eigenvalue weighted by molar-refractivity contribution is 0.478. The number of rotatable bonds is 5. The SMILES string of the molecule is O=S(=O)(NC1CC1)c1ccccc1NC1CCNCC1. The molecule has 0 spiro atoms. The molecule has 1 saturated heterocycles. The van der Waals surface area contributed by atoms with Gasteiger partial charge in [0.25, 0.3) is 0 Å². The molecule has 5 nitrogen and oxygen atoms in total. The number of hydrogen-bond donors (Lipinski definition) is 3. The minimum Gasteiger partial charge on any atom is -0.381 e. The molecule has 3 N–H and O–H groups in total. The molecule has 0 amide bonds. The molecule has 1 aliphatic carbocycles. The lowest BCUT2D eigenvalue weighted by atomic mass is 10.1. The highest BCUT2D eigenvalue weighted by Gasteiger charge is 2.29. The highest BCUT2D eigenvalue weighted by Crippen LogP contribution is 2.27. The maximum atomic E-state index is 12.4. The summed E-state index contributed by atoms with van der Waals surface area (Å²) >= 11 is 0. The first-order valence-electron chi connectivity index (χ1n) is 7.24. The fraction of sp³-hybridized carbons (Fsp3) is 0.571. The first-order valence-corrected chi connectivity index (χ1v) is 8.72. The van der Waals surface area contributed by atoms with Crippen LogP contribution in [0.25, 0.3) is 0 Å². The number of piperidine rings is 1. The van der Waals surface area contributed by atoms with E-state index in [2.05, 4.69) is 15.4 Å². The molecule has 1 aliphatic heterocycles. The quantitative estimate of drug-likeness (QED) is 0.765. The topological polar surface area (TPSA) is 70.2 Å². The maximum absolute atomic E-state index is 12.4. The van der Waals surface area contributed by atoms with Crippen LogP contribution in [0.5, 0.6) is 0 Å². The van der Waals surface area contributed by atoms with E-state index in [4.69, 9.17) is 0 Å². The number of sulfonamides is 1. The Balaban J connectivity index is 1.79. The van der Waals surface area contributed by atoms with Gasteiger partial charge in [0.1, 0.15) is 4.90 Å². The molecular formula is C14H21N3O2S. The summed E-state index contributed by atoms with van der Waals surface area (Å²) in [6, 6.07) is 7.65. The van der Waals surface area contributed by atoms with Gasteiger partial charge in [-0.05, 0) is 50.9 Å². The van der Waals surface area contributed by atoms with Gasteiger partial charge in [-0.25, -0.2) is 13.1 Å². The molecule has 1 aromatic rings. The van der Waals surface area contributed by atoms with Crippen molar-refractivity contribution in [1.82, 2.24) is 10.0 Å². The zero-order valence-corrected chi connectivity index (χ0v) is 12.2. The van der Waals surface area contributed by atoms with Gasteiger partial charge in [-0.3, -0.25) is 0 Å². The van der Waals surface area contributed by atoms with E-state index in [9.17, 15) is 8.42 Å². The van der Waals surface area contributed by atoms with Crippen LogP contribution >= 0.6 is 0 Å². The summed E-state index contributed by atoms with van der Waals surface area (Å²) in [6.07, 6.45) is 3.93. The van der Waals surface area contributed by atoms with Gasteiger partial charge >= 0.3 is 0 Å². The van der Waals surface area contributed by atoms with Crippen molar-refractivity contribution in [2.45, 2.75) is 42.7 Å². The Bertz CT molecular complexity index is 564. The van der Waals surface area contributed by atoms with Crippen molar-refractivity contribution in [3.8, 4) is 0 Å². The van der Waals surface area contributed by atoms with Gasteiger partial charge in [-0.1, -0.05) is 12.1 Å². The third kappa shape index (κ3) is 3.31. The molecule has 1 heterocycles. The summed E-state index contributed by atoms with van der Waals surface area (Å²) in [4.78, 5) is 0.366. The number of anilines is 1. The minimum absolute atomic E-state index is 0.131. The lowest BCUT2D eigenvalue weighted by Gasteiger charge is -2.25. The first-order chi connectivity index (χ1) is 9.65. The number of nitrogens with one attached hydrogen (secondary N) is 3. The van der Waals surface area contributed by atoms with Crippen molar-refractivity contribution in [3.63, 3.8) is 0 Å². The van der Waals surface area contributed by atoms with Gasteiger partial charge < -0.3 is 10.6 Å². The third-order valence-corrected chi connectivity index (χ3v) is 5.35. The van der Waals surface area contributed by atoms with E-state index in [-0.39, 0.29) is 6.04 Å². The zero-order valence-electron chi connectivity index (χ0n) is 11.4. The summed E-state index contributed by atoms with van der Waals surface area (Å²) in [5.41, 5.74) is 0.715. The van der Waals surface area contributed by atoms with Crippen LogP contribution in [-0.2, 0) is 10.0 Å². The molecular weight excluding hydrogens is 274 g/mol. The van der Waals surface area contributed by atoms with Crippen LogP contribution in [0.15, 0.2) is 29.2 Å². The standard InChI is InChI=1S/C14H21N3O2S/c18-20(19,17-12-5-6-12)14-4-2-1-3-13(14)16-11-7-9-15-10-8-11/h1-4,11-12,15-17H,5-10H2. The smallest absolute Gasteiger partial charge is 0.242 e. The zero-order chi connectivity index (χ0) is 14.0. The Morgan fingerprint density at radius 1 is 1.00 bits per heavy atom. The van der Waals surface area contributed by atoms with Crippen molar-refractivity contribution >= 4 is 15.7 Å². The molecule has 2 fully saturated rings. The molecule has 0 atom stereocenters. The van der Waals surface area contributed by atoms with E-state index in [1.54, 1.807) is 12.1 Å². The van der Waals surface area contributed by atoms with Crippen molar-refractivity contribution in [1.29, 1.82) is 0 Å². The summed E-state index contributed by atoms with van der Waals surface area (Å²) in [5.74, 6) is 0. The average Bonchev–Trinajstić information content (AvgIpc) is 3.24. The molecule has 110 valence electrons. The summed E-state index contributed by atoms with van der Waals surface area (Å²) < 4.78 is 27.5. The van der Waals surface area contributed by atoms with Crippen molar-refractivity contribution < 1.29 is 8.42 Å². The van der Waals surface area contributed by atoms with E-state index >= 15 is 0 Å². The molecule has 1 aromatic carbocycles. The second-order valence-corrected chi connectivity index (χ2v) is 7.24. The molecule has 2 aliphatic rings. The largest absolute Gasteiger partial charge is 0.381 e. The summed E-state index contributed by atoms with van der Waals surface area (Å²) in [7, 11) is -3.41. The molecule has 0 unspecified atom stereocenters. The molecule has 6 heteroatoms. The Labute approximate surface area is 120 Å². The number of benzene rings is 1. The molecule has 0 bridgehead atoms. The van der Waals surface area contributed by atoms with Gasteiger partial charge in [0, 0.05) is 12.1 Å². The van der Waals surface area contributed by atoms with Crippen molar-refractivity contribution in [2.24, 2.45) is 0 Å². The summed E-state index contributed by atoms with van der Waals surface area (Å²) in [5, 5.41) is 6.70. The van der Waals surface area contributed by atoms with Crippen LogP contribution in [0.1, 0.15) is 25.7 Å². The molecule has 0 aromatic heterocycles. The van der Waals surface area contributed by atoms with Gasteiger partial charge in [-0.2, -0.15) is 0 Å². The van der Waals surface area contributed by atoms with Crippen LogP contribution in [0, 0.1) is 0 Å². The van der Waals surface area contributed by atoms with E-state index in [0.29, 0.717) is 16.6 Å². The molecule has 3 rings (SSSR count). The fourth-order valence-electron chi connectivity index (χ4n) is 2.49. The molecule has 0 radical (unpaired) electrons. The van der Waals surface area contributed by atoms with Gasteiger partial charge in [0.2, 0.25) is 10.0 Å². The van der Waals surface area contributed by atoms with Crippen molar-refractivity contribution in [2.75, 3.05) is 18.4 Å². The van der Waals surface area contributed by atoms with Crippen LogP contribution in [-0.4, -0.2) is 33.6 Å². The second kappa shape index (κ2) is 5.71. The fourth-order valence-corrected chi connectivity index (χ4v) is 3.97. The summed E-state index contributed by atoms with van der Waals surface area (Å²) in [6.45, 7) is 1.96. The molecule has 1 saturated carbocycles. The number of para-hydroxylation sites is 1. The third-order valence-electron chi connectivity index (χ3n) is 3.77. The maximum Gasteiger partial charge on any atom is 0.242 e. The average molecular weight is 295 g/mol.